The van der Waals surface area contributed by atoms with Crippen LogP contribution in [0.2, 0.25) is 10.0 Å². The van der Waals surface area contributed by atoms with E-state index in [1.54, 1.807) is 35.5 Å². The lowest BCUT2D eigenvalue weighted by atomic mass is 10.0. The molecule has 1 aromatic heterocycles. The first-order valence-electron chi connectivity index (χ1n) is 11.2. The molecule has 1 unspecified atom stereocenters. The van der Waals surface area contributed by atoms with Crippen molar-refractivity contribution in [1.29, 1.82) is 0 Å². The van der Waals surface area contributed by atoms with Crippen LogP contribution in [0.25, 0.3) is 0 Å². The summed E-state index contributed by atoms with van der Waals surface area (Å²) in [5.41, 5.74) is 0.584. The summed E-state index contributed by atoms with van der Waals surface area (Å²) in [6, 6.07) is 4.79. The molecule has 0 bridgehead atoms. The number of piperidine rings is 2. The van der Waals surface area contributed by atoms with Crippen LogP contribution < -0.4 is 15.0 Å². The Morgan fingerprint density at radius 2 is 1.79 bits per heavy atom. The topological polar surface area (TPSA) is 87.7 Å². The van der Waals surface area contributed by atoms with Gasteiger partial charge >= 0.3 is 0 Å². The molecular weight excluding hydrogens is 465 g/mol. The third-order valence-electron chi connectivity index (χ3n) is 6.03. The highest BCUT2D eigenvalue weighted by Gasteiger charge is 2.30. The SMILES string of the molecule is CC(=O)N1CCCCC1C(=O)Nc1ccc(OC2CCN(c3ncc(Cl)cn3)CC2)c(Cl)c1. The summed E-state index contributed by atoms with van der Waals surface area (Å²) in [7, 11) is 0. The van der Waals surface area contributed by atoms with E-state index < -0.39 is 6.04 Å². The van der Waals surface area contributed by atoms with Crippen LogP contribution in [0.5, 0.6) is 5.75 Å². The maximum atomic E-state index is 12.8. The highest BCUT2D eigenvalue weighted by molar-refractivity contribution is 6.32. The molecule has 0 aliphatic carbocycles. The summed E-state index contributed by atoms with van der Waals surface area (Å²) in [5.74, 6) is 0.980. The number of likely N-dealkylation sites (tertiary alicyclic amines) is 1. The number of nitrogens with zero attached hydrogens (tertiary/aromatic N) is 4. The van der Waals surface area contributed by atoms with Crippen LogP contribution in [0.4, 0.5) is 11.6 Å². The van der Waals surface area contributed by atoms with Gasteiger partial charge < -0.3 is 19.9 Å². The van der Waals surface area contributed by atoms with Gasteiger partial charge in [-0.2, -0.15) is 0 Å². The minimum absolute atomic E-state index is 0.0258. The van der Waals surface area contributed by atoms with Gasteiger partial charge in [-0.15, -0.1) is 0 Å². The van der Waals surface area contributed by atoms with Crippen molar-refractivity contribution in [2.75, 3.05) is 29.9 Å². The number of amides is 2. The fourth-order valence-corrected chi connectivity index (χ4v) is 4.63. The Kier molecular flexibility index (Phi) is 7.55. The lowest BCUT2D eigenvalue weighted by molar-refractivity contribution is -0.138. The van der Waals surface area contributed by atoms with Gasteiger partial charge in [-0.05, 0) is 37.5 Å². The van der Waals surface area contributed by atoms with Crippen molar-refractivity contribution in [3.05, 3.63) is 40.6 Å². The van der Waals surface area contributed by atoms with Crippen molar-refractivity contribution in [1.82, 2.24) is 14.9 Å². The van der Waals surface area contributed by atoms with E-state index in [1.807, 2.05) is 0 Å². The highest BCUT2D eigenvalue weighted by atomic mass is 35.5. The minimum atomic E-state index is -0.444. The van der Waals surface area contributed by atoms with Crippen molar-refractivity contribution in [2.24, 2.45) is 0 Å². The number of halogens is 2. The number of nitrogens with one attached hydrogen (secondary N) is 1. The predicted octanol–water partition coefficient (Wildman–Crippen LogP) is 4.17. The summed E-state index contributed by atoms with van der Waals surface area (Å²) in [6.07, 6.45) is 7.35. The van der Waals surface area contributed by atoms with Gasteiger partial charge in [0, 0.05) is 45.1 Å². The second-order valence-electron chi connectivity index (χ2n) is 8.36. The molecule has 176 valence electrons. The third kappa shape index (κ3) is 5.86. The maximum Gasteiger partial charge on any atom is 0.247 e. The average Bonchev–Trinajstić information content (AvgIpc) is 2.82. The van der Waals surface area contributed by atoms with E-state index in [0.717, 1.165) is 38.8 Å². The summed E-state index contributed by atoms with van der Waals surface area (Å²) < 4.78 is 6.13. The standard InChI is InChI=1S/C23H27Cl2N5O3/c1-15(31)30-9-3-2-4-20(30)22(32)28-17-5-6-21(19(25)12-17)33-18-7-10-29(11-8-18)23-26-13-16(24)14-27-23/h5-6,12-14,18,20H,2-4,7-11H2,1H3,(H,28,32). The van der Waals surface area contributed by atoms with E-state index in [1.165, 1.54) is 6.92 Å². The molecule has 0 saturated carbocycles. The molecule has 2 aliphatic heterocycles. The molecule has 2 saturated heterocycles. The monoisotopic (exact) mass is 491 g/mol. The third-order valence-corrected chi connectivity index (χ3v) is 6.53. The van der Waals surface area contributed by atoms with Crippen LogP contribution >= 0.6 is 23.2 Å². The number of rotatable bonds is 5. The molecule has 2 amide bonds. The van der Waals surface area contributed by atoms with E-state index >= 15 is 0 Å². The van der Waals surface area contributed by atoms with Gasteiger partial charge in [-0.25, -0.2) is 9.97 Å². The molecule has 8 nitrogen and oxygen atoms in total. The molecule has 1 atom stereocenters. The zero-order valence-corrected chi connectivity index (χ0v) is 20.0. The predicted molar refractivity (Wildman–Crippen MR) is 128 cm³/mol. The first-order chi connectivity index (χ1) is 15.9. The molecule has 0 radical (unpaired) electrons. The van der Waals surface area contributed by atoms with Gasteiger partial charge in [0.1, 0.15) is 17.9 Å². The van der Waals surface area contributed by atoms with E-state index in [-0.39, 0.29) is 17.9 Å². The molecule has 2 aromatic rings. The summed E-state index contributed by atoms with van der Waals surface area (Å²) in [4.78, 5) is 36.9. The number of aromatic nitrogens is 2. The van der Waals surface area contributed by atoms with Crippen LogP contribution in [0.1, 0.15) is 39.0 Å². The number of hydrogen-bond acceptors (Lipinski definition) is 6. The Morgan fingerprint density at radius 3 is 2.45 bits per heavy atom. The van der Waals surface area contributed by atoms with Crippen molar-refractivity contribution in [3.63, 3.8) is 0 Å². The smallest absolute Gasteiger partial charge is 0.247 e. The molecule has 33 heavy (non-hydrogen) atoms. The Labute approximate surface area is 203 Å². The quantitative estimate of drug-likeness (QED) is 0.674. The maximum absolute atomic E-state index is 12.8. The Bertz CT molecular complexity index is 996. The first-order valence-corrected chi connectivity index (χ1v) is 11.9. The zero-order valence-electron chi connectivity index (χ0n) is 18.5. The Hall–Kier alpha value is -2.58. The molecule has 10 heteroatoms. The Balaban J connectivity index is 1.32. The average molecular weight is 492 g/mol. The number of ether oxygens (including phenoxy) is 1. The van der Waals surface area contributed by atoms with Crippen molar-refractivity contribution in [2.45, 2.75) is 51.2 Å². The van der Waals surface area contributed by atoms with Gasteiger partial charge in [0.15, 0.2) is 0 Å². The lowest BCUT2D eigenvalue weighted by Gasteiger charge is -2.34. The fraction of sp³-hybridized carbons (Fsp3) is 0.478. The molecule has 1 aromatic carbocycles. The number of anilines is 2. The number of benzene rings is 1. The second kappa shape index (κ2) is 10.6. The van der Waals surface area contributed by atoms with Crippen LogP contribution in [0.15, 0.2) is 30.6 Å². The van der Waals surface area contributed by atoms with Crippen molar-refractivity contribution in [3.8, 4) is 5.75 Å². The molecule has 4 rings (SSSR count). The van der Waals surface area contributed by atoms with Gasteiger partial charge in [-0.1, -0.05) is 23.2 Å². The summed E-state index contributed by atoms with van der Waals surface area (Å²) >= 11 is 12.3. The van der Waals surface area contributed by atoms with E-state index in [0.29, 0.717) is 40.4 Å². The van der Waals surface area contributed by atoms with Crippen molar-refractivity contribution < 1.29 is 14.3 Å². The van der Waals surface area contributed by atoms with E-state index in [2.05, 4.69) is 20.2 Å². The largest absolute Gasteiger partial charge is 0.489 e. The minimum Gasteiger partial charge on any atom is -0.489 e. The molecule has 1 N–H and O–H groups in total. The van der Waals surface area contributed by atoms with E-state index in [4.69, 9.17) is 27.9 Å². The van der Waals surface area contributed by atoms with Crippen LogP contribution in [-0.2, 0) is 9.59 Å². The zero-order chi connectivity index (χ0) is 23.4. The highest BCUT2D eigenvalue weighted by Crippen LogP contribution is 2.31. The lowest BCUT2D eigenvalue weighted by Crippen LogP contribution is -2.49. The molecular formula is C23H27Cl2N5O3. The summed E-state index contributed by atoms with van der Waals surface area (Å²) in [5, 5.41) is 3.84. The second-order valence-corrected chi connectivity index (χ2v) is 9.21. The van der Waals surface area contributed by atoms with Gasteiger partial charge in [0.25, 0.3) is 0 Å². The van der Waals surface area contributed by atoms with Gasteiger partial charge in [0.05, 0.1) is 22.4 Å². The van der Waals surface area contributed by atoms with Gasteiger partial charge in [-0.3, -0.25) is 9.59 Å². The van der Waals surface area contributed by atoms with Crippen LogP contribution in [0, 0.1) is 0 Å². The molecule has 0 spiro atoms. The Morgan fingerprint density at radius 1 is 1.06 bits per heavy atom. The summed E-state index contributed by atoms with van der Waals surface area (Å²) in [6.45, 7) is 3.66. The number of hydrogen-bond donors (Lipinski definition) is 1. The van der Waals surface area contributed by atoms with Crippen LogP contribution in [0.3, 0.4) is 0 Å². The fourth-order valence-electron chi connectivity index (χ4n) is 4.30. The number of carbonyl (C=O) groups is 2. The van der Waals surface area contributed by atoms with E-state index in [9.17, 15) is 9.59 Å². The molecule has 2 fully saturated rings. The van der Waals surface area contributed by atoms with Crippen molar-refractivity contribution >= 4 is 46.7 Å². The number of carbonyl (C=O) groups excluding carboxylic acids is 2. The van der Waals surface area contributed by atoms with Crippen LogP contribution in [-0.4, -0.2) is 58.5 Å². The normalized spacial score (nSPS) is 19.3. The molecule has 3 heterocycles. The first kappa shape index (κ1) is 23.6. The molecule has 2 aliphatic rings. The van der Waals surface area contributed by atoms with Gasteiger partial charge in [0.2, 0.25) is 17.8 Å².